The number of benzene rings is 1. The van der Waals surface area contributed by atoms with E-state index in [-0.39, 0.29) is 12.2 Å². The van der Waals surface area contributed by atoms with Crippen molar-refractivity contribution in [3.63, 3.8) is 0 Å². The molecule has 1 saturated heterocycles. The first kappa shape index (κ1) is 20.4. The number of para-hydroxylation sites is 1. The van der Waals surface area contributed by atoms with E-state index in [4.69, 9.17) is 0 Å². The molecule has 28 heavy (non-hydrogen) atoms. The normalized spacial score (nSPS) is 16.3. The molecule has 0 radical (unpaired) electrons. The lowest BCUT2D eigenvalue weighted by Gasteiger charge is -2.31. The van der Waals surface area contributed by atoms with Crippen LogP contribution in [0.3, 0.4) is 0 Å². The number of imidazole rings is 1. The lowest BCUT2D eigenvalue weighted by molar-refractivity contribution is -0.137. The maximum absolute atomic E-state index is 13.0. The summed E-state index contributed by atoms with van der Waals surface area (Å²) in [6.07, 6.45) is 2.12. The van der Waals surface area contributed by atoms with Crippen LogP contribution in [0.2, 0.25) is 0 Å². The summed E-state index contributed by atoms with van der Waals surface area (Å²) in [4.78, 5) is 18.6. The molecule has 1 fully saturated rings. The fourth-order valence-electron chi connectivity index (χ4n) is 3.66. The lowest BCUT2D eigenvalue weighted by Crippen LogP contribution is -2.40. The number of halogens is 3. The molecule has 0 saturated carbocycles. The molecule has 0 unspecified atom stereocenters. The van der Waals surface area contributed by atoms with Crippen LogP contribution in [0.25, 0.3) is 0 Å². The van der Waals surface area contributed by atoms with Crippen LogP contribution in [0.1, 0.15) is 31.2 Å². The molecule has 0 atom stereocenters. The summed E-state index contributed by atoms with van der Waals surface area (Å²) in [7, 11) is 0. The number of hydrogen-bond donors (Lipinski definition) is 1. The van der Waals surface area contributed by atoms with Gasteiger partial charge in [-0.05, 0) is 44.0 Å². The predicted octanol–water partition coefficient (Wildman–Crippen LogP) is 3.82. The molecule has 2 heterocycles. The molecule has 1 aromatic heterocycles. The summed E-state index contributed by atoms with van der Waals surface area (Å²) in [6, 6.07) is 5.05. The minimum atomic E-state index is -4.49. The summed E-state index contributed by atoms with van der Waals surface area (Å²) in [5.74, 6) is 1.17. The standard InChI is InChI=1S/C20H25F3N4O/c1-2-18-24-9-12-27(18)13-15-7-10-26(11-8-15)14-19(28)25-17-6-4-3-5-16(17)20(21,22)23/h3-6,9,12,15H,2,7-8,10-11,13-14H2,1H3,(H,25,28). The van der Waals surface area contributed by atoms with Gasteiger partial charge in [-0.1, -0.05) is 19.1 Å². The van der Waals surface area contributed by atoms with Gasteiger partial charge in [0.1, 0.15) is 5.82 Å². The molecule has 1 amide bonds. The Labute approximate surface area is 162 Å². The Morgan fingerprint density at radius 3 is 2.64 bits per heavy atom. The van der Waals surface area contributed by atoms with E-state index in [2.05, 4.69) is 21.8 Å². The van der Waals surface area contributed by atoms with Gasteiger partial charge in [0.2, 0.25) is 5.91 Å². The Bertz CT molecular complexity index is 795. The second-order valence-corrected chi connectivity index (χ2v) is 7.16. The number of alkyl halides is 3. The fraction of sp³-hybridized carbons (Fsp3) is 0.500. The second-order valence-electron chi connectivity index (χ2n) is 7.16. The van der Waals surface area contributed by atoms with Crippen LogP contribution in [0.5, 0.6) is 0 Å². The molecule has 3 rings (SSSR count). The Morgan fingerprint density at radius 1 is 1.25 bits per heavy atom. The zero-order valence-corrected chi connectivity index (χ0v) is 15.9. The first-order valence-corrected chi connectivity index (χ1v) is 9.55. The Morgan fingerprint density at radius 2 is 1.96 bits per heavy atom. The van der Waals surface area contributed by atoms with E-state index >= 15 is 0 Å². The molecule has 1 N–H and O–H groups in total. The monoisotopic (exact) mass is 394 g/mol. The van der Waals surface area contributed by atoms with Gasteiger partial charge in [-0.25, -0.2) is 4.98 Å². The van der Waals surface area contributed by atoms with Crippen LogP contribution in [0.15, 0.2) is 36.7 Å². The third kappa shape index (κ3) is 5.13. The molecule has 1 aromatic carbocycles. The second kappa shape index (κ2) is 8.77. The number of hydrogen-bond acceptors (Lipinski definition) is 3. The van der Waals surface area contributed by atoms with Gasteiger partial charge in [0.15, 0.2) is 0 Å². The van der Waals surface area contributed by atoms with Crippen molar-refractivity contribution >= 4 is 11.6 Å². The van der Waals surface area contributed by atoms with Crippen molar-refractivity contribution in [2.24, 2.45) is 5.92 Å². The molecule has 8 heteroatoms. The highest BCUT2D eigenvalue weighted by atomic mass is 19.4. The predicted molar refractivity (Wildman–Crippen MR) is 101 cm³/mol. The highest BCUT2D eigenvalue weighted by Crippen LogP contribution is 2.34. The number of carbonyl (C=O) groups excluding carboxylic acids is 1. The van der Waals surface area contributed by atoms with Crippen molar-refractivity contribution in [3.05, 3.63) is 48.0 Å². The van der Waals surface area contributed by atoms with Crippen molar-refractivity contribution in [2.45, 2.75) is 38.9 Å². The van der Waals surface area contributed by atoms with Crippen LogP contribution in [0, 0.1) is 5.92 Å². The molecular weight excluding hydrogens is 369 g/mol. The molecule has 0 spiro atoms. The van der Waals surface area contributed by atoms with E-state index in [1.807, 2.05) is 17.3 Å². The van der Waals surface area contributed by atoms with Crippen LogP contribution in [-0.4, -0.2) is 40.0 Å². The average Bonchev–Trinajstić information content (AvgIpc) is 3.10. The molecule has 0 aliphatic carbocycles. The summed E-state index contributed by atoms with van der Waals surface area (Å²) in [5.41, 5.74) is -1.02. The van der Waals surface area contributed by atoms with Crippen LogP contribution >= 0.6 is 0 Å². The number of carbonyl (C=O) groups is 1. The smallest absolute Gasteiger partial charge is 0.335 e. The summed E-state index contributed by atoms with van der Waals surface area (Å²) < 4.78 is 41.3. The zero-order valence-electron chi connectivity index (χ0n) is 15.9. The van der Waals surface area contributed by atoms with E-state index < -0.39 is 17.6 Å². The maximum Gasteiger partial charge on any atom is 0.418 e. The maximum atomic E-state index is 13.0. The number of anilines is 1. The number of aryl methyl sites for hydroxylation is 1. The number of likely N-dealkylation sites (tertiary alicyclic amines) is 1. The minimum Gasteiger partial charge on any atom is -0.335 e. The number of aromatic nitrogens is 2. The van der Waals surface area contributed by atoms with Gasteiger partial charge in [-0.3, -0.25) is 9.69 Å². The molecule has 1 aliphatic heterocycles. The Hall–Kier alpha value is -2.35. The van der Waals surface area contributed by atoms with E-state index in [1.165, 1.54) is 18.2 Å². The molecule has 5 nitrogen and oxygen atoms in total. The van der Waals surface area contributed by atoms with Crippen molar-refractivity contribution in [1.29, 1.82) is 0 Å². The largest absolute Gasteiger partial charge is 0.418 e. The number of nitrogens with zero attached hydrogens (tertiary/aromatic N) is 3. The fourth-order valence-corrected chi connectivity index (χ4v) is 3.66. The summed E-state index contributed by atoms with van der Waals surface area (Å²) in [5, 5.41) is 2.41. The highest BCUT2D eigenvalue weighted by molar-refractivity contribution is 5.93. The van der Waals surface area contributed by atoms with Gasteiger partial charge in [-0.15, -0.1) is 0 Å². The highest BCUT2D eigenvalue weighted by Gasteiger charge is 2.33. The van der Waals surface area contributed by atoms with Gasteiger partial charge in [-0.2, -0.15) is 13.2 Å². The lowest BCUT2D eigenvalue weighted by atomic mass is 9.96. The van der Waals surface area contributed by atoms with Crippen LogP contribution < -0.4 is 5.32 Å². The number of amides is 1. The molecule has 1 aliphatic rings. The Kier molecular flexibility index (Phi) is 6.39. The van der Waals surface area contributed by atoms with Gasteiger partial charge in [0.05, 0.1) is 17.8 Å². The third-order valence-corrected chi connectivity index (χ3v) is 5.15. The van der Waals surface area contributed by atoms with E-state index in [9.17, 15) is 18.0 Å². The van der Waals surface area contributed by atoms with E-state index in [0.717, 1.165) is 50.8 Å². The van der Waals surface area contributed by atoms with Crippen molar-refractivity contribution < 1.29 is 18.0 Å². The topological polar surface area (TPSA) is 50.2 Å². The summed E-state index contributed by atoms with van der Waals surface area (Å²) in [6.45, 7) is 4.62. The third-order valence-electron chi connectivity index (χ3n) is 5.15. The SMILES string of the molecule is CCc1nccn1CC1CCN(CC(=O)Nc2ccccc2C(F)(F)F)CC1. The quantitative estimate of drug-likeness (QED) is 0.811. The summed E-state index contributed by atoms with van der Waals surface area (Å²) >= 11 is 0. The number of nitrogens with one attached hydrogen (secondary N) is 1. The minimum absolute atomic E-state index is 0.101. The van der Waals surface area contributed by atoms with Crippen molar-refractivity contribution in [2.75, 3.05) is 25.0 Å². The van der Waals surface area contributed by atoms with Gasteiger partial charge in [0.25, 0.3) is 0 Å². The molecule has 0 bridgehead atoms. The first-order valence-electron chi connectivity index (χ1n) is 9.55. The van der Waals surface area contributed by atoms with Crippen molar-refractivity contribution in [1.82, 2.24) is 14.5 Å². The molecule has 152 valence electrons. The van der Waals surface area contributed by atoms with Crippen molar-refractivity contribution in [3.8, 4) is 0 Å². The van der Waals surface area contributed by atoms with Gasteiger partial charge in [0, 0.05) is 25.4 Å². The number of rotatable bonds is 6. The molecular formula is C20H25F3N4O. The van der Waals surface area contributed by atoms with Crippen LogP contribution in [-0.2, 0) is 23.9 Å². The van der Waals surface area contributed by atoms with E-state index in [1.54, 1.807) is 0 Å². The molecule has 2 aromatic rings. The van der Waals surface area contributed by atoms with Crippen LogP contribution in [0.4, 0.5) is 18.9 Å². The zero-order chi connectivity index (χ0) is 20.1. The number of piperidine rings is 1. The Balaban J connectivity index is 1.49. The van der Waals surface area contributed by atoms with Gasteiger partial charge >= 0.3 is 6.18 Å². The van der Waals surface area contributed by atoms with Gasteiger partial charge < -0.3 is 9.88 Å². The average molecular weight is 394 g/mol. The van der Waals surface area contributed by atoms with E-state index in [0.29, 0.717) is 5.92 Å². The first-order chi connectivity index (χ1) is 13.4.